The monoisotopic (exact) mass is 239 g/mol. The Hall–Kier alpha value is -1.25. The second kappa shape index (κ2) is 9.01. The quantitative estimate of drug-likeness (QED) is 0.765. The van der Waals surface area contributed by atoms with Gasteiger partial charge in [-0.05, 0) is 13.3 Å². The SMILES string of the molecule is CCCCCC(C)C#N.O=C(O)C(F)(F)F. The fourth-order valence-electron chi connectivity index (χ4n) is 0.765. The number of halogens is 3. The number of carbonyl (C=O) groups is 1. The maximum Gasteiger partial charge on any atom is 0.490 e. The second-order valence-corrected chi connectivity index (χ2v) is 3.33. The topological polar surface area (TPSA) is 61.1 Å². The Labute approximate surface area is 92.9 Å². The number of aliphatic carboxylic acids is 1. The first-order valence-corrected chi connectivity index (χ1v) is 4.95. The van der Waals surface area contributed by atoms with Crippen LogP contribution in [0.4, 0.5) is 13.2 Å². The Bertz CT molecular complexity index is 233. The summed E-state index contributed by atoms with van der Waals surface area (Å²) in [4.78, 5) is 8.90. The van der Waals surface area contributed by atoms with Gasteiger partial charge in [-0.1, -0.05) is 26.2 Å². The number of carboxylic acids is 1. The van der Waals surface area contributed by atoms with Crippen molar-refractivity contribution in [2.75, 3.05) is 0 Å². The predicted molar refractivity (Wildman–Crippen MR) is 52.6 cm³/mol. The van der Waals surface area contributed by atoms with E-state index in [2.05, 4.69) is 13.0 Å². The minimum absolute atomic E-state index is 0.261. The molecule has 0 aliphatic carbocycles. The van der Waals surface area contributed by atoms with Gasteiger partial charge in [0.1, 0.15) is 0 Å². The molecule has 0 spiro atoms. The highest BCUT2D eigenvalue weighted by Gasteiger charge is 2.38. The van der Waals surface area contributed by atoms with Gasteiger partial charge < -0.3 is 5.11 Å². The van der Waals surface area contributed by atoms with Gasteiger partial charge in [-0.15, -0.1) is 0 Å². The molecule has 0 heterocycles. The minimum atomic E-state index is -5.08. The predicted octanol–water partition coefficient (Wildman–Crippen LogP) is 3.36. The number of unbranched alkanes of at least 4 members (excludes halogenated alkanes) is 2. The van der Waals surface area contributed by atoms with Crippen LogP contribution in [0.25, 0.3) is 0 Å². The molecule has 94 valence electrons. The van der Waals surface area contributed by atoms with Crippen molar-refractivity contribution in [3.05, 3.63) is 0 Å². The molecule has 1 N–H and O–H groups in total. The summed E-state index contributed by atoms with van der Waals surface area (Å²) in [5.41, 5.74) is 0. The van der Waals surface area contributed by atoms with E-state index in [9.17, 15) is 13.2 Å². The van der Waals surface area contributed by atoms with E-state index in [1.54, 1.807) is 0 Å². The van der Waals surface area contributed by atoms with Crippen LogP contribution in [0.1, 0.15) is 39.5 Å². The lowest BCUT2D eigenvalue weighted by Gasteiger charge is -1.98. The van der Waals surface area contributed by atoms with Crippen LogP contribution in [0.15, 0.2) is 0 Å². The molecule has 0 aromatic carbocycles. The van der Waals surface area contributed by atoms with E-state index in [-0.39, 0.29) is 5.92 Å². The van der Waals surface area contributed by atoms with Crippen molar-refractivity contribution in [1.29, 1.82) is 5.26 Å². The normalized spacial score (nSPS) is 12.0. The van der Waals surface area contributed by atoms with Crippen molar-refractivity contribution in [3.63, 3.8) is 0 Å². The number of hydrogen-bond donors (Lipinski definition) is 1. The fourth-order valence-corrected chi connectivity index (χ4v) is 0.765. The third kappa shape index (κ3) is 12.8. The lowest BCUT2D eigenvalue weighted by molar-refractivity contribution is -0.192. The van der Waals surface area contributed by atoms with Crippen molar-refractivity contribution in [2.24, 2.45) is 5.92 Å². The van der Waals surface area contributed by atoms with E-state index in [0.29, 0.717) is 0 Å². The summed E-state index contributed by atoms with van der Waals surface area (Å²) >= 11 is 0. The molecule has 16 heavy (non-hydrogen) atoms. The first-order chi connectivity index (χ1) is 7.25. The highest BCUT2D eigenvalue weighted by molar-refractivity contribution is 5.73. The van der Waals surface area contributed by atoms with E-state index < -0.39 is 12.1 Å². The van der Waals surface area contributed by atoms with Gasteiger partial charge in [0.05, 0.1) is 6.07 Å². The summed E-state index contributed by atoms with van der Waals surface area (Å²) < 4.78 is 31.7. The van der Waals surface area contributed by atoms with Gasteiger partial charge in [0.15, 0.2) is 0 Å². The molecular formula is C10H16F3NO2. The van der Waals surface area contributed by atoms with Crippen LogP contribution < -0.4 is 0 Å². The summed E-state index contributed by atoms with van der Waals surface area (Å²) in [6, 6.07) is 2.22. The number of nitriles is 1. The van der Waals surface area contributed by atoms with Crippen LogP contribution >= 0.6 is 0 Å². The van der Waals surface area contributed by atoms with E-state index >= 15 is 0 Å². The maximum atomic E-state index is 10.6. The Morgan fingerprint density at radius 2 is 1.88 bits per heavy atom. The molecule has 3 nitrogen and oxygen atoms in total. The molecule has 6 heteroatoms. The third-order valence-corrected chi connectivity index (χ3v) is 1.70. The van der Waals surface area contributed by atoms with E-state index in [0.717, 1.165) is 6.42 Å². The average molecular weight is 239 g/mol. The van der Waals surface area contributed by atoms with Crippen molar-refractivity contribution in [1.82, 2.24) is 0 Å². The third-order valence-electron chi connectivity index (χ3n) is 1.70. The Morgan fingerprint density at radius 1 is 1.44 bits per heavy atom. The molecule has 0 amide bonds. The molecule has 0 aromatic heterocycles. The van der Waals surface area contributed by atoms with E-state index in [1.807, 2.05) is 6.92 Å². The molecule has 0 aliphatic heterocycles. The molecule has 0 saturated heterocycles. The summed E-state index contributed by atoms with van der Waals surface area (Å²) in [6.07, 6.45) is -0.278. The van der Waals surface area contributed by atoms with Crippen molar-refractivity contribution >= 4 is 5.97 Å². The molecule has 0 radical (unpaired) electrons. The van der Waals surface area contributed by atoms with Gasteiger partial charge in [0.2, 0.25) is 0 Å². The van der Waals surface area contributed by atoms with Crippen LogP contribution in [0.5, 0.6) is 0 Å². The van der Waals surface area contributed by atoms with Gasteiger partial charge >= 0.3 is 12.1 Å². The molecular weight excluding hydrogens is 223 g/mol. The highest BCUT2D eigenvalue weighted by atomic mass is 19.4. The first-order valence-electron chi connectivity index (χ1n) is 4.95. The molecule has 0 bridgehead atoms. The van der Waals surface area contributed by atoms with Gasteiger partial charge in [-0.3, -0.25) is 0 Å². The summed E-state index contributed by atoms with van der Waals surface area (Å²) in [7, 11) is 0. The molecule has 0 aliphatic rings. The number of rotatable bonds is 4. The van der Waals surface area contributed by atoms with Gasteiger partial charge in [0, 0.05) is 5.92 Å². The fraction of sp³-hybridized carbons (Fsp3) is 0.800. The standard InChI is InChI=1S/C8H15N.C2HF3O2/c1-3-4-5-6-8(2)7-9;3-2(4,5)1(6)7/h8H,3-6H2,1-2H3;(H,6,7). The first kappa shape index (κ1) is 17.2. The summed E-state index contributed by atoms with van der Waals surface area (Å²) in [5, 5.41) is 15.5. The van der Waals surface area contributed by atoms with Crippen molar-refractivity contribution in [3.8, 4) is 6.07 Å². The molecule has 1 atom stereocenters. The van der Waals surface area contributed by atoms with Gasteiger partial charge in [-0.2, -0.15) is 18.4 Å². The Kier molecular flexibility index (Phi) is 9.66. The Morgan fingerprint density at radius 3 is 2.12 bits per heavy atom. The van der Waals surface area contributed by atoms with Crippen LogP contribution in [-0.4, -0.2) is 17.3 Å². The summed E-state index contributed by atoms with van der Waals surface area (Å²) in [5.74, 6) is -2.50. The van der Waals surface area contributed by atoms with Crippen molar-refractivity contribution < 1.29 is 23.1 Å². The molecule has 0 rings (SSSR count). The second-order valence-electron chi connectivity index (χ2n) is 3.33. The van der Waals surface area contributed by atoms with Crippen LogP contribution in [0, 0.1) is 17.2 Å². The number of nitrogens with zero attached hydrogens (tertiary/aromatic N) is 1. The van der Waals surface area contributed by atoms with E-state index in [1.165, 1.54) is 19.3 Å². The molecule has 0 fully saturated rings. The lowest BCUT2D eigenvalue weighted by Crippen LogP contribution is -2.21. The van der Waals surface area contributed by atoms with Gasteiger partial charge in [0.25, 0.3) is 0 Å². The number of hydrogen-bond acceptors (Lipinski definition) is 2. The zero-order valence-electron chi connectivity index (χ0n) is 9.34. The highest BCUT2D eigenvalue weighted by Crippen LogP contribution is 2.13. The zero-order chi connectivity index (χ0) is 13.2. The number of alkyl halides is 3. The summed E-state index contributed by atoms with van der Waals surface area (Å²) in [6.45, 7) is 4.16. The van der Waals surface area contributed by atoms with Crippen LogP contribution in [0.2, 0.25) is 0 Å². The Balaban J connectivity index is 0. The minimum Gasteiger partial charge on any atom is -0.475 e. The maximum absolute atomic E-state index is 10.6. The molecule has 1 unspecified atom stereocenters. The van der Waals surface area contributed by atoms with Gasteiger partial charge in [-0.25, -0.2) is 4.79 Å². The van der Waals surface area contributed by atoms with E-state index in [4.69, 9.17) is 15.2 Å². The molecule has 0 aromatic rings. The number of carboxylic acid groups (broad SMARTS) is 1. The largest absolute Gasteiger partial charge is 0.490 e. The smallest absolute Gasteiger partial charge is 0.475 e. The zero-order valence-corrected chi connectivity index (χ0v) is 9.34. The molecule has 0 saturated carbocycles. The van der Waals surface area contributed by atoms with Crippen LogP contribution in [-0.2, 0) is 4.79 Å². The average Bonchev–Trinajstić information content (AvgIpc) is 2.17. The lowest BCUT2D eigenvalue weighted by atomic mass is 10.1. The van der Waals surface area contributed by atoms with Crippen LogP contribution in [0.3, 0.4) is 0 Å². The van der Waals surface area contributed by atoms with Crippen molar-refractivity contribution in [2.45, 2.75) is 45.7 Å².